The Morgan fingerprint density at radius 2 is 1.21 bits per heavy atom. The predicted molar refractivity (Wildman–Crippen MR) is 98.8 cm³/mol. The van der Waals surface area contributed by atoms with Crippen LogP contribution in [0.25, 0.3) is 0 Å². The molecule has 11 nitrogen and oxygen atoms in total. The molecule has 11 heteroatoms. The number of rotatable bonds is 7. The van der Waals surface area contributed by atoms with Crippen molar-refractivity contribution in [2.24, 2.45) is 0 Å². The second kappa shape index (κ2) is 12.4. The van der Waals surface area contributed by atoms with Gasteiger partial charge in [0.1, 0.15) is 48.8 Å². The van der Waals surface area contributed by atoms with Gasteiger partial charge in [0.25, 0.3) is 0 Å². The van der Waals surface area contributed by atoms with Gasteiger partial charge in [-0.25, -0.2) is 0 Å². The third-order valence-electron chi connectivity index (χ3n) is 4.61. The van der Waals surface area contributed by atoms with Gasteiger partial charge in [0.05, 0.1) is 19.3 Å². The van der Waals surface area contributed by atoms with E-state index < -0.39 is 74.6 Å². The number of hydrogen-bond acceptors (Lipinski definition) is 11. The molecule has 2 heterocycles. The molecule has 2 aliphatic rings. The zero-order chi connectivity index (χ0) is 22.3. The van der Waals surface area contributed by atoms with Crippen LogP contribution in [0.15, 0.2) is 0 Å². The summed E-state index contributed by atoms with van der Waals surface area (Å²) in [7, 11) is 1.29. The van der Waals surface area contributed by atoms with Crippen molar-refractivity contribution in [3.8, 4) is 0 Å². The largest absolute Gasteiger partial charge is 0.394 e. The molecule has 0 aliphatic carbocycles. The van der Waals surface area contributed by atoms with Gasteiger partial charge in [-0.2, -0.15) is 0 Å². The van der Waals surface area contributed by atoms with E-state index in [0.29, 0.717) is 0 Å². The summed E-state index contributed by atoms with van der Waals surface area (Å²) in [5.41, 5.74) is 0. The molecule has 0 bridgehead atoms. The summed E-state index contributed by atoms with van der Waals surface area (Å²) in [4.78, 5) is 0. The number of methoxy groups -OCH3 is 1. The van der Waals surface area contributed by atoms with Crippen molar-refractivity contribution in [1.82, 2.24) is 0 Å². The normalized spacial score (nSPS) is 43.0. The van der Waals surface area contributed by atoms with Crippen LogP contribution in [0.5, 0.6) is 0 Å². The highest BCUT2D eigenvalue weighted by molar-refractivity contribution is 4.94. The first-order valence-electron chi connectivity index (χ1n) is 9.83. The van der Waals surface area contributed by atoms with Gasteiger partial charge in [0, 0.05) is 7.11 Å². The Morgan fingerprint density at radius 1 is 0.759 bits per heavy atom. The minimum Gasteiger partial charge on any atom is -0.394 e. The molecular weight excluding hydrogens is 392 g/mol. The summed E-state index contributed by atoms with van der Waals surface area (Å²) in [6.45, 7) is 6.35. The zero-order valence-corrected chi connectivity index (χ0v) is 17.5. The lowest BCUT2D eigenvalue weighted by atomic mass is 9.97. The third kappa shape index (κ3) is 6.28. The summed E-state index contributed by atoms with van der Waals surface area (Å²) in [6.07, 6.45) is -13.3. The molecule has 8 unspecified atom stereocenters. The molecule has 2 fully saturated rings. The smallest absolute Gasteiger partial charge is 0.187 e. The second-order valence-corrected chi connectivity index (χ2v) is 6.90. The van der Waals surface area contributed by atoms with E-state index in [2.05, 4.69) is 0 Å². The van der Waals surface area contributed by atoms with Gasteiger partial charge in [-0.15, -0.1) is 0 Å². The molecule has 0 spiro atoms. The van der Waals surface area contributed by atoms with E-state index in [0.717, 1.165) is 0 Å². The fourth-order valence-electron chi connectivity index (χ4n) is 3.21. The highest BCUT2D eigenvalue weighted by atomic mass is 16.7. The summed E-state index contributed by atoms with van der Waals surface area (Å²) in [6, 6.07) is 0. The minimum atomic E-state index is -1.56. The molecule has 174 valence electrons. The average molecular weight is 428 g/mol. The Bertz CT molecular complexity index is 448. The van der Waals surface area contributed by atoms with E-state index in [4.69, 9.17) is 23.7 Å². The molecule has 10 atom stereocenters. The Kier molecular flexibility index (Phi) is 11.4. The van der Waals surface area contributed by atoms with Crippen molar-refractivity contribution in [2.45, 2.75) is 95.2 Å². The highest BCUT2D eigenvalue weighted by Crippen LogP contribution is 2.30. The SMILES string of the molecule is CC.COC1C(CO)OC(OC2C(O)C(O)[C@H](OC(C)C)O[C@H]2CO)C(O)C1O. The van der Waals surface area contributed by atoms with E-state index in [1.165, 1.54) is 7.11 Å². The molecule has 0 aromatic heterocycles. The van der Waals surface area contributed by atoms with Crippen molar-refractivity contribution in [3.63, 3.8) is 0 Å². The Morgan fingerprint density at radius 3 is 1.69 bits per heavy atom. The van der Waals surface area contributed by atoms with Gasteiger partial charge in [0.15, 0.2) is 12.6 Å². The molecular formula is C18H36O11. The van der Waals surface area contributed by atoms with E-state index in [1.807, 2.05) is 13.8 Å². The Labute approximate surface area is 170 Å². The summed E-state index contributed by atoms with van der Waals surface area (Å²) in [5.74, 6) is 0. The van der Waals surface area contributed by atoms with Gasteiger partial charge < -0.3 is 54.3 Å². The monoisotopic (exact) mass is 428 g/mol. The van der Waals surface area contributed by atoms with Crippen molar-refractivity contribution in [2.75, 3.05) is 20.3 Å². The molecule has 0 radical (unpaired) electrons. The van der Waals surface area contributed by atoms with Crippen molar-refractivity contribution < 1.29 is 54.3 Å². The van der Waals surface area contributed by atoms with Crippen LogP contribution in [0.4, 0.5) is 0 Å². The van der Waals surface area contributed by atoms with E-state index in [1.54, 1.807) is 13.8 Å². The lowest BCUT2D eigenvalue weighted by Gasteiger charge is -2.46. The topological polar surface area (TPSA) is 168 Å². The molecule has 2 rings (SSSR count). The minimum absolute atomic E-state index is 0.302. The zero-order valence-electron chi connectivity index (χ0n) is 17.5. The predicted octanol–water partition coefficient (Wildman–Crippen LogP) is -2.28. The van der Waals surface area contributed by atoms with Gasteiger partial charge in [-0.05, 0) is 13.8 Å². The van der Waals surface area contributed by atoms with Crippen molar-refractivity contribution in [3.05, 3.63) is 0 Å². The first kappa shape index (κ1) is 26.6. The number of hydrogen-bond donors (Lipinski definition) is 6. The van der Waals surface area contributed by atoms with Crippen LogP contribution in [-0.4, -0.2) is 118 Å². The number of ether oxygens (including phenoxy) is 5. The summed E-state index contributed by atoms with van der Waals surface area (Å²) in [5, 5.41) is 60.0. The van der Waals surface area contributed by atoms with E-state index in [9.17, 15) is 30.6 Å². The quantitative estimate of drug-likeness (QED) is 0.258. The molecule has 0 amide bonds. The maximum absolute atomic E-state index is 10.4. The van der Waals surface area contributed by atoms with Gasteiger partial charge in [-0.3, -0.25) is 0 Å². The first-order valence-corrected chi connectivity index (χ1v) is 9.83. The number of aliphatic hydroxyl groups is 6. The lowest BCUT2D eigenvalue weighted by Crippen LogP contribution is -2.65. The maximum atomic E-state index is 10.4. The van der Waals surface area contributed by atoms with Crippen LogP contribution in [-0.2, 0) is 23.7 Å². The standard InChI is InChI=1S/C16H30O11.C2H6/c1-6(2)24-15-12(22)10(20)14(8(5-18)26-15)27-16-11(21)9(19)13(23-3)7(4-17)25-16;1-2/h6-22H,4-5H2,1-3H3;1-2H3/t7?,8-,9?,10?,11?,12?,13?,14?,15+,16?;/m0./s1. The fourth-order valence-corrected chi connectivity index (χ4v) is 3.21. The van der Waals surface area contributed by atoms with Crippen LogP contribution < -0.4 is 0 Å². The van der Waals surface area contributed by atoms with Crippen molar-refractivity contribution in [1.29, 1.82) is 0 Å². The molecule has 2 saturated heterocycles. The maximum Gasteiger partial charge on any atom is 0.187 e. The van der Waals surface area contributed by atoms with E-state index >= 15 is 0 Å². The van der Waals surface area contributed by atoms with Crippen LogP contribution in [0.3, 0.4) is 0 Å². The van der Waals surface area contributed by atoms with Crippen molar-refractivity contribution >= 4 is 0 Å². The fraction of sp³-hybridized carbons (Fsp3) is 1.00. The van der Waals surface area contributed by atoms with Crippen LogP contribution in [0.1, 0.15) is 27.7 Å². The van der Waals surface area contributed by atoms with Gasteiger partial charge in [0.2, 0.25) is 0 Å². The van der Waals surface area contributed by atoms with Gasteiger partial charge in [-0.1, -0.05) is 13.8 Å². The van der Waals surface area contributed by atoms with Crippen LogP contribution in [0, 0.1) is 0 Å². The number of aliphatic hydroxyl groups excluding tert-OH is 6. The third-order valence-corrected chi connectivity index (χ3v) is 4.61. The molecule has 0 saturated carbocycles. The molecule has 2 aliphatic heterocycles. The second-order valence-electron chi connectivity index (χ2n) is 6.90. The molecule has 0 aromatic rings. The molecule has 29 heavy (non-hydrogen) atoms. The summed E-state index contributed by atoms with van der Waals surface area (Å²) < 4.78 is 26.8. The lowest BCUT2D eigenvalue weighted by molar-refractivity contribution is -0.362. The molecule has 0 aromatic carbocycles. The Balaban J connectivity index is 0.00000204. The first-order chi connectivity index (χ1) is 13.7. The van der Waals surface area contributed by atoms with Crippen LogP contribution >= 0.6 is 0 Å². The van der Waals surface area contributed by atoms with Crippen LogP contribution in [0.2, 0.25) is 0 Å². The summed E-state index contributed by atoms with van der Waals surface area (Å²) >= 11 is 0. The van der Waals surface area contributed by atoms with E-state index in [-0.39, 0.29) is 6.10 Å². The Hall–Kier alpha value is -0.440. The average Bonchev–Trinajstić information content (AvgIpc) is 2.71. The van der Waals surface area contributed by atoms with Gasteiger partial charge >= 0.3 is 0 Å². The molecule has 6 N–H and O–H groups in total. The highest BCUT2D eigenvalue weighted by Gasteiger charge is 2.51.